The minimum absolute atomic E-state index is 0.120. The molecule has 27 heavy (non-hydrogen) atoms. The van der Waals surface area contributed by atoms with Crippen LogP contribution in [0.4, 0.5) is 0 Å². The number of ketones is 2. The van der Waals surface area contributed by atoms with Gasteiger partial charge >= 0.3 is 0 Å². The minimum Gasteiger partial charge on any atom is -0.393 e. The smallest absolute Gasteiger partial charge is 0.140 e. The van der Waals surface area contributed by atoms with E-state index in [2.05, 4.69) is 0 Å². The van der Waals surface area contributed by atoms with Gasteiger partial charge in [0.25, 0.3) is 0 Å². The fourth-order valence-corrected chi connectivity index (χ4v) is 4.33. The summed E-state index contributed by atoms with van der Waals surface area (Å²) >= 11 is 0. The molecular formula is C21H36O6. The summed E-state index contributed by atoms with van der Waals surface area (Å²) < 4.78 is 11.0. The molecule has 6 nitrogen and oxygen atoms in total. The fourth-order valence-electron chi connectivity index (χ4n) is 4.33. The van der Waals surface area contributed by atoms with E-state index in [0.29, 0.717) is 65.0 Å². The Balaban J connectivity index is 1.87. The zero-order valence-corrected chi connectivity index (χ0v) is 16.6. The Morgan fingerprint density at radius 2 is 1.37 bits per heavy atom. The van der Waals surface area contributed by atoms with Crippen molar-refractivity contribution in [1.82, 2.24) is 0 Å². The standard InChI is InChI=1S/C21H36O6/c1-2-4-15(22)5-3-6-16(23)7-8-17(18-13-26-11-9-20(18)24)19-14-27-12-10-21(19)25/h15-19,22-23H,2-14H2,1H3. The predicted octanol–water partition coefficient (Wildman–Crippen LogP) is 2.29. The van der Waals surface area contributed by atoms with Gasteiger partial charge in [-0.15, -0.1) is 0 Å². The van der Waals surface area contributed by atoms with Crippen molar-refractivity contribution in [2.75, 3.05) is 26.4 Å². The van der Waals surface area contributed by atoms with E-state index in [1.165, 1.54) is 0 Å². The SMILES string of the molecule is CCCC(O)CCCC(O)CCC(C1COCCC1=O)C1COCCC1=O. The molecule has 2 aliphatic heterocycles. The van der Waals surface area contributed by atoms with Crippen molar-refractivity contribution in [3.05, 3.63) is 0 Å². The van der Waals surface area contributed by atoms with Crippen molar-refractivity contribution in [3.8, 4) is 0 Å². The first-order valence-electron chi connectivity index (χ1n) is 10.6. The Bertz CT molecular complexity index is 438. The van der Waals surface area contributed by atoms with Gasteiger partial charge in [-0.1, -0.05) is 13.3 Å². The molecule has 0 spiro atoms. The molecule has 0 aliphatic carbocycles. The topological polar surface area (TPSA) is 93.1 Å². The number of aliphatic hydroxyl groups is 2. The summed E-state index contributed by atoms with van der Waals surface area (Å²) in [5.74, 6) is -0.324. The molecule has 6 heteroatoms. The normalized spacial score (nSPS) is 27.4. The first kappa shape index (κ1) is 22.5. The summed E-state index contributed by atoms with van der Waals surface area (Å²) in [5, 5.41) is 20.1. The fraction of sp³-hybridized carbons (Fsp3) is 0.905. The van der Waals surface area contributed by atoms with Crippen LogP contribution in [0, 0.1) is 17.8 Å². The van der Waals surface area contributed by atoms with Gasteiger partial charge in [0, 0.05) is 24.7 Å². The van der Waals surface area contributed by atoms with E-state index >= 15 is 0 Å². The zero-order valence-electron chi connectivity index (χ0n) is 16.6. The van der Waals surface area contributed by atoms with Crippen molar-refractivity contribution in [3.63, 3.8) is 0 Å². The Labute approximate surface area is 162 Å². The largest absolute Gasteiger partial charge is 0.393 e. The molecule has 0 aromatic rings. The second-order valence-corrected chi connectivity index (χ2v) is 8.06. The Morgan fingerprint density at radius 1 is 0.852 bits per heavy atom. The molecule has 156 valence electrons. The average molecular weight is 385 g/mol. The van der Waals surface area contributed by atoms with Crippen molar-refractivity contribution in [1.29, 1.82) is 0 Å². The van der Waals surface area contributed by atoms with Crippen LogP contribution in [-0.4, -0.2) is 60.4 Å². The summed E-state index contributed by atoms with van der Waals surface area (Å²) in [6.07, 6.45) is 5.11. The van der Waals surface area contributed by atoms with E-state index in [1.54, 1.807) is 0 Å². The third-order valence-electron chi connectivity index (χ3n) is 5.97. The number of rotatable bonds is 11. The molecule has 2 aliphatic rings. The molecule has 2 fully saturated rings. The van der Waals surface area contributed by atoms with E-state index in [-0.39, 0.29) is 35.4 Å². The van der Waals surface area contributed by atoms with Crippen LogP contribution in [0.25, 0.3) is 0 Å². The van der Waals surface area contributed by atoms with Gasteiger partial charge in [0.05, 0.1) is 38.6 Å². The van der Waals surface area contributed by atoms with E-state index < -0.39 is 6.10 Å². The molecule has 0 aromatic carbocycles. The Hall–Kier alpha value is -0.820. The summed E-state index contributed by atoms with van der Waals surface area (Å²) in [6, 6.07) is 0. The maximum absolute atomic E-state index is 12.4. The lowest BCUT2D eigenvalue weighted by atomic mass is 9.73. The van der Waals surface area contributed by atoms with Crippen molar-refractivity contribution in [2.24, 2.45) is 17.8 Å². The zero-order chi connectivity index (χ0) is 19.6. The highest BCUT2D eigenvalue weighted by Crippen LogP contribution is 2.34. The summed E-state index contributed by atoms with van der Waals surface area (Å²) in [4.78, 5) is 24.8. The molecule has 2 rings (SSSR count). The van der Waals surface area contributed by atoms with Crippen LogP contribution in [0.3, 0.4) is 0 Å². The van der Waals surface area contributed by atoms with Crippen LogP contribution in [-0.2, 0) is 19.1 Å². The number of aliphatic hydroxyl groups excluding tert-OH is 2. The summed E-state index contributed by atoms with van der Waals surface area (Å²) in [6.45, 7) is 3.70. The van der Waals surface area contributed by atoms with Gasteiger partial charge in [-0.05, 0) is 44.4 Å². The van der Waals surface area contributed by atoms with Crippen molar-refractivity contribution >= 4 is 11.6 Å². The van der Waals surface area contributed by atoms with Crippen LogP contribution < -0.4 is 0 Å². The number of Topliss-reactive ketones (excluding diaryl/α,β-unsaturated/α-hetero) is 2. The molecule has 0 aromatic heterocycles. The van der Waals surface area contributed by atoms with Crippen LogP contribution in [0.1, 0.15) is 64.7 Å². The quantitative estimate of drug-likeness (QED) is 0.568. The van der Waals surface area contributed by atoms with Crippen molar-refractivity contribution in [2.45, 2.75) is 76.9 Å². The number of carbonyl (C=O) groups is 2. The summed E-state index contributed by atoms with van der Waals surface area (Å²) in [5.41, 5.74) is 0. The number of ether oxygens (including phenoxy) is 2. The highest BCUT2D eigenvalue weighted by molar-refractivity contribution is 5.85. The monoisotopic (exact) mass is 384 g/mol. The molecule has 4 unspecified atom stereocenters. The molecule has 2 heterocycles. The van der Waals surface area contributed by atoms with Crippen molar-refractivity contribution < 1.29 is 29.3 Å². The molecule has 2 N–H and O–H groups in total. The predicted molar refractivity (Wildman–Crippen MR) is 101 cm³/mol. The lowest BCUT2D eigenvalue weighted by molar-refractivity contribution is -0.142. The number of hydrogen-bond acceptors (Lipinski definition) is 6. The van der Waals surface area contributed by atoms with Crippen LogP contribution in [0.5, 0.6) is 0 Å². The van der Waals surface area contributed by atoms with Gasteiger partial charge in [0.15, 0.2) is 0 Å². The highest BCUT2D eigenvalue weighted by atomic mass is 16.5. The van der Waals surface area contributed by atoms with E-state index in [1.807, 2.05) is 6.92 Å². The second kappa shape index (κ2) is 11.9. The summed E-state index contributed by atoms with van der Waals surface area (Å²) in [7, 11) is 0. The van der Waals surface area contributed by atoms with Crippen LogP contribution in [0.15, 0.2) is 0 Å². The molecule has 0 radical (unpaired) electrons. The van der Waals surface area contributed by atoms with Gasteiger partial charge in [-0.3, -0.25) is 9.59 Å². The highest BCUT2D eigenvalue weighted by Gasteiger charge is 2.40. The van der Waals surface area contributed by atoms with E-state index in [9.17, 15) is 19.8 Å². The number of hydrogen-bond donors (Lipinski definition) is 2. The van der Waals surface area contributed by atoms with Gasteiger partial charge in [-0.25, -0.2) is 0 Å². The minimum atomic E-state index is -0.472. The average Bonchev–Trinajstić information content (AvgIpc) is 2.64. The maximum atomic E-state index is 12.4. The Morgan fingerprint density at radius 3 is 1.85 bits per heavy atom. The van der Waals surface area contributed by atoms with Crippen LogP contribution in [0.2, 0.25) is 0 Å². The molecule has 0 saturated carbocycles. The third kappa shape index (κ3) is 7.26. The molecular weight excluding hydrogens is 348 g/mol. The molecule has 0 amide bonds. The first-order chi connectivity index (χ1) is 13.0. The van der Waals surface area contributed by atoms with Crippen LogP contribution >= 0.6 is 0 Å². The lowest BCUT2D eigenvalue weighted by Crippen LogP contribution is -2.43. The lowest BCUT2D eigenvalue weighted by Gasteiger charge is -2.36. The van der Waals surface area contributed by atoms with Gasteiger partial charge in [0.1, 0.15) is 11.6 Å². The van der Waals surface area contributed by atoms with Gasteiger partial charge < -0.3 is 19.7 Å². The van der Waals surface area contributed by atoms with Gasteiger partial charge in [0.2, 0.25) is 0 Å². The second-order valence-electron chi connectivity index (χ2n) is 8.06. The third-order valence-corrected chi connectivity index (χ3v) is 5.97. The maximum Gasteiger partial charge on any atom is 0.140 e. The Kier molecular flexibility index (Phi) is 9.90. The molecule has 0 bridgehead atoms. The first-order valence-corrected chi connectivity index (χ1v) is 10.6. The number of carbonyl (C=O) groups excluding carboxylic acids is 2. The van der Waals surface area contributed by atoms with Gasteiger partial charge in [-0.2, -0.15) is 0 Å². The molecule has 4 atom stereocenters. The molecule has 2 saturated heterocycles. The van der Waals surface area contributed by atoms with E-state index in [0.717, 1.165) is 19.3 Å². The van der Waals surface area contributed by atoms with E-state index in [4.69, 9.17) is 9.47 Å².